The Hall–Kier alpha value is -2.72. The number of aliphatic carboxylic acids is 1. The van der Waals surface area contributed by atoms with Crippen LogP contribution >= 0.6 is 11.3 Å². The largest absolute Gasteiger partial charge is 0.477 e. The Morgan fingerprint density at radius 2 is 2.23 bits per heavy atom. The van der Waals surface area contributed by atoms with Crippen LogP contribution in [0.1, 0.15) is 24.4 Å². The van der Waals surface area contributed by atoms with Crippen molar-refractivity contribution in [3.8, 4) is 0 Å². The SMILES string of the molecule is C[C@@H](O)[C@H]1C(=O)N2C(C(=O)O)=C(c3cn4cnc(C=NO)c4s3)[C@H](C)[C@H]12. The number of aromatic nitrogens is 2. The number of carboxylic acid groups (broad SMARTS) is 1. The van der Waals surface area contributed by atoms with Crippen LogP contribution in [0.5, 0.6) is 0 Å². The second-order valence-electron chi connectivity index (χ2n) is 6.50. The number of aliphatic hydroxyl groups excluding tert-OH is 1. The van der Waals surface area contributed by atoms with Crippen molar-refractivity contribution in [1.82, 2.24) is 14.3 Å². The lowest BCUT2D eigenvalue weighted by Crippen LogP contribution is -2.63. The average Bonchev–Trinajstić information content (AvgIpc) is 3.19. The van der Waals surface area contributed by atoms with Crippen LogP contribution in [0.4, 0.5) is 0 Å². The van der Waals surface area contributed by atoms with Gasteiger partial charge in [0.1, 0.15) is 22.5 Å². The fraction of sp³-hybridized carbons (Fsp3) is 0.375. The van der Waals surface area contributed by atoms with Gasteiger partial charge in [-0.1, -0.05) is 12.1 Å². The van der Waals surface area contributed by atoms with Crippen molar-refractivity contribution in [2.75, 3.05) is 0 Å². The first-order valence-corrected chi connectivity index (χ1v) is 8.81. The van der Waals surface area contributed by atoms with Gasteiger partial charge >= 0.3 is 5.97 Å². The smallest absolute Gasteiger partial charge is 0.352 e. The number of aliphatic hydroxyl groups is 1. The van der Waals surface area contributed by atoms with Crippen molar-refractivity contribution in [3.63, 3.8) is 0 Å². The molecule has 0 aromatic carbocycles. The van der Waals surface area contributed by atoms with E-state index in [0.29, 0.717) is 21.0 Å². The molecule has 0 radical (unpaired) electrons. The third-order valence-electron chi connectivity index (χ3n) is 5.06. The number of imidazole rings is 1. The lowest BCUT2D eigenvalue weighted by molar-refractivity contribution is -0.163. The van der Waals surface area contributed by atoms with E-state index in [1.54, 1.807) is 23.8 Å². The van der Waals surface area contributed by atoms with Crippen LogP contribution in [-0.4, -0.2) is 59.9 Å². The average molecular weight is 376 g/mol. The van der Waals surface area contributed by atoms with Crippen molar-refractivity contribution in [2.24, 2.45) is 17.0 Å². The number of carboxylic acids is 1. The summed E-state index contributed by atoms with van der Waals surface area (Å²) >= 11 is 1.31. The Morgan fingerprint density at radius 3 is 2.85 bits per heavy atom. The van der Waals surface area contributed by atoms with Crippen LogP contribution in [-0.2, 0) is 9.59 Å². The van der Waals surface area contributed by atoms with Gasteiger partial charge in [-0.05, 0) is 6.92 Å². The number of hydrogen-bond acceptors (Lipinski definition) is 7. The Bertz CT molecular complexity index is 988. The predicted octanol–water partition coefficient (Wildman–Crippen LogP) is 0.857. The first kappa shape index (κ1) is 16.7. The first-order valence-electron chi connectivity index (χ1n) is 7.99. The molecule has 0 bridgehead atoms. The summed E-state index contributed by atoms with van der Waals surface area (Å²) in [5, 5.41) is 31.3. The molecule has 2 aliphatic rings. The number of oxime groups is 1. The van der Waals surface area contributed by atoms with E-state index in [9.17, 15) is 19.8 Å². The normalized spacial score (nSPS) is 26.7. The zero-order valence-corrected chi connectivity index (χ0v) is 14.7. The van der Waals surface area contributed by atoms with E-state index in [-0.39, 0.29) is 23.6 Å². The van der Waals surface area contributed by atoms with Crippen molar-refractivity contribution in [3.05, 3.63) is 28.8 Å². The molecular formula is C16H16N4O5S. The molecule has 1 amide bonds. The molecule has 1 fully saturated rings. The molecule has 4 atom stereocenters. The van der Waals surface area contributed by atoms with E-state index in [0.717, 1.165) is 0 Å². The summed E-state index contributed by atoms with van der Waals surface area (Å²) in [6.45, 7) is 3.42. The topological polar surface area (TPSA) is 128 Å². The van der Waals surface area contributed by atoms with Crippen molar-refractivity contribution >= 4 is 39.8 Å². The van der Waals surface area contributed by atoms with Crippen LogP contribution in [0.15, 0.2) is 23.4 Å². The summed E-state index contributed by atoms with van der Waals surface area (Å²) in [5.74, 6) is -2.35. The number of thiazole rings is 1. The Kier molecular flexibility index (Phi) is 3.63. The van der Waals surface area contributed by atoms with E-state index in [4.69, 9.17) is 5.21 Å². The van der Waals surface area contributed by atoms with Crippen LogP contribution in [0.3, 0.4) is 0 Å². The summed E-state index contributed by atoms with van der Waals surface area (Å²) < 4.78 is 1.72. The van der Waals surface area contributed by atoms with Gasteiger partial charge in [0.05, 0.1) is 29.2 Å². The maximum atomic E-state index is 12.4. The van der Waals surface area contributed by atoms with Gasteiger partial charge in [0, 0.05) is 17.7 Å². The molecule has 0 unspecified atom stereocenters. The third kappa shape index (κ3) is 2.05. The molecule has 2 aliphatic heterocycles. The molecule has 4 rings (SSSR count). The molecule has 0 spiro atoms. The van der Waals surface area contributed by atoms with Gasteiger partial charge in [-0.15, -0.1) is 11.3 Å². The Balaban J connectivity index is 1.85. The monoisotopic (exact) mass is 376 g/mol. The van der Waals surface area contributed by atoms with Gasteiger partial charge in [-0.2, -0.15) is 0 Å². The maximum absolute atomic E-state index is 12.4. The zero-order valence-electron chi connectivity index (χ0n) is 13.9. The maximum Gasteiger partial charge on any atom is 0.352 e. The fourth-order valence-electron chi connectivity index (χ4n) is 3.98. The molecule has 3 N–H and O–H groups in total. The number of nitrogens with zero attached hydrogens (tertiary/aromatic N) is 4. The highest BCUT2D eigenvalue weighted by molar-refractivity contribution is 7.18. The number of fused-ring (bicyclic) bond motifs is 2. The molecule has 10 heteroatoms. The predicted molar refractivity (Wildman–Crippen MR) is 92.0 cm³/mol. The van der Waals surface area contributed by atoms with Gasteiger partial charge < -0.3 is 20.3 Å². The number of carbonyl (C=O) groups excluding carboxylic acids is 1. The lowest BCUT2D eigenvalue weighted by atomic mass is 9.77. The van der Waals surface area contributed by atoms with Crippen LogP contribution in [0.2, 0.25) is 0 Å². The molecule has 0 aliphatic carbocycles. The van der Waals surface area contributed by atoms with Crippen LogP contribution in [0, 0.1) is 11.8 Å². The first-order chi connectivity index (χ1) is 12.4. The minimum atomic E-state index is -1.17. The molecule has 0 saturated carbocycles. The van der Waals surface area contributed by atoms with Gasteiger partial charge in [-0.3, -0.25) is 9.20 Å². The minimum absolute atomic E-state index is 0.0285. The second-order valence-corrected chi connectivity index (χ2v) is 7.53. The van der Waals surface area contributed by atoms with Crippen molar-refractivity contribution < 1.29 is 25.0 Å². The number of rotatable bonds is 4. The summed E-state index contributed by atoms with van der Waals surface area (Å²) in [6, 6.07) is -0.360. The van der Waals surface area contributed by atoms with Gasteiger partial charge in [0.15, 0.2) is 0 Å². The Labute approximate surface area is 151 Å². The van der Waals surface area contributed by atoms with E-state index in [2.05, 4.69) is 10.1 Å². The molecule has 2 aromatic rings. The van der Waals surface area contributed by atoms with Crippen molar-refractivity contribution in [2.45, 2.75) is 26.0 Å². The zero-order chi connectivity index (χ0) is 18.7. The third-order valence-corrected chi connectivity index (χ3v) is 6.22. The minimum Gasteiger partial charge on any atom is -0.477 e. The van der Waals surface area contributed by atoms with Gasteiger partial charge in [0.2, 0.25) is 5.91 Å². The summed E-state index contributed by atoms with van der Waals surface area (Å²) in [5.41, 5.74) is 1.01. The molecule has 26 heavy (non-hydrogen) atoms. The highest BCUT2D eigenvalue weighted by Crippen LogP contribution is 2.51. The summed E-state index contributed by atoms with van der Waals surface area (Å²) in [6.07, 6.45) is 3.67. The van der Waals surface area contributed by atoms with E-state index >= 15 is 0 Å². The summed E-state index contributed by atoms with van der Waals surface area (Å²) in [7, 11) is 0. The number of carbonyl (C=O) groups is 2. The van der Waals surface area contributed by atoms with Crippen LogP contribution < -0.4 is 0 Å². The number of β-lactam (4-membered cyclic amide) rings is 1. The summed E-state index contributed by atoms with van der Waals surface area (Å²) in [4.78, 5) is 31.1. The molecule has 1 saturated heterocycles. The standard InChI is InChI=1S/C16H16N4O5S/c1-6-10(9-4-19-5-17-8(3-18-25)15(19)26-9)13(16(23)24)20-12(6)11(7(2)21)14(20)22/h3-7,11-12,21,25H,1-2H3,(H,23,24)/t6-,7+,11+,12+/m0/s1. The van der Waals surface area contributed by atoms with E-state index < -0.39 is 18.0 Å². The lowest BCUT2D eigenvalue weighted by Gasteiger charge is -2.46. The molecular weight excluding hydrogens is 360 g/mol. The highest BCUT2D eigenvalue weighted by Gasteiger charge is 2.60. The van der Waals surface area contributed by atoms with E-state index in [1.165, 1.54) is 22.5 Å². The fourth-order valence-corrected chi connectivity index (χ4v) is 5.16. The number of hydrogen-bond donors (Lipinski definition) is 3. The van der Waals surface area contributed by atoms with Crippen molar-refractivity contribution in [1.29, 1.82) is 0 Å². The molecule has 9 nitrogen and oxygen atoms in total. The van der Waals surface area contributed by atoms with Gasteiger partial charge in [-0.25, -0.2) is 9.78 Å². The van der Waals surface area contributed by atoms with Gasteiger partial charge in [0.25, 0.3) is 0 Å². The van der Waals surface area contributed by atoms with E-state index in [1.807, 2.05) is 6.92 Å². The molecule has 4 heterocycles. The molecule has 2 aromatic heterocycles. The molecule has 136 valence electrons. The highest BCUT2D eigenvalue weighted by atomic mass is 32.1. The second kappa shape index (κ2) is 5.64. The Morgan fingerprint density at radius 1 is 1.50 bits per heavy atom. The number of amides is 1. The quantitative estimate of drug-likeness (QED) is 0.314. The van der Waals surface area contributed by atoms with Crippen LogP contribution in [0.25, 0.3) is 10.4 Å².